The van der Waals surface area contributed by atoms with E-state index in [1.54, 1.807) is 0 Å². The van der Waals surface area contributed by atoms with Crippen LogP contribution in [0.5, 0.6) is 0 Å². The lowest BCUT2D eigenvalue weighted by Crippen LogP contribution is -2.52. The minimum Gasteiger partial charge on any atom is -0.448 e. The first kappa shape index (κ1) is 17.8. The Labute approximate surface area is 154 Å². The molecule has 2 aromatic carbocycles. The summed E-state index contributed by atoms with van der Waals surface area (Å²) in [5.41, 5.74) is 5.01. The Balaban J connectivity index is 0.00000182. The zero-order valence-corrected chi connectivity index (χ0v) is 15.1. The zero-order valence-electron chi connectivity index (χ0n) is 14.3. The standard InChI is InChI=1S/C20H22N2O2.ClH/c1-14-12-21-10-11-22(14)20(23)24-13-19-17-8-4-2-6-15(17)16-7-3-5-9-18(16)19;/h2-9,14,19,21H,10-13H2,1H3;1H/t14-;/m0./s1. The molecular formula is C20H23ClN2O2. The molecule has 0 saturated carbocycles. The lowest BCUT2D eigenvalue weighted by Gasteiger charge is -2.33. The Kier molecular flexibility index (Phi) is 5.30. The van der Waals surface area contributed by atoms with Gasteiger partial charge < -0.3 is 15.0 Å². The number of amides is 1. The highest BCUT2D eigenvalue weighted by Crippen LogP contribution is 2.44. The molecule has 1 atom stereocenters. The number of carbonyl (C=O) groups is 1. The molecule has 132 valence electrons. The molecule has 0 unspecified atom stereocenters. The Morgan fingerprint density at radius 2 is 1.72 bits per heavy atom. The highest BCUT2D eigenvalue weighted by molar-refractivity contribution is 5.85. The van der Waals surface area contributed by atoms with Gasteiger partial charge in [0.25, 0.3) is 0 Å². The summed E-state index contributed by atoms with van der Waals surface area (Å²) in [6, 6.07) is 17.0. The summed E-state index contributed by atoms with van der Waals surface area (Å²) in [5.74, 6) is 0.125. The zero-order chi connectivity index (χ0) is 16.5. The number of piperazine rings is 1. The number of ether oxygens (including phenoxy) is 1. The number of hydrogen-bond donors (Lipinski definition) is 1. The lowest BCUT2D eigenvalue weighted by atomic mass is 9.98. The van der Waals surface area contributed by atoms with E-state index in [0.717, 1.165) is 13.1 Å². The largest absolute Gasteiger partial charge is 0.448 e. The van der Waals surface area contributed by atoms with Gasteiger partial charge in [0, 0.05) is 31.6 Å². The molecule has 4 nitrogen and oxygen atoms in total. The van der Waals surface area contributed by atoms with E-state index in [9.17, 15) is 4.79 Å². The topological polar surface area (TPSA) is 41.6 Å². The van der Waals surface area contributed by atoms with Crippen LogP contribution in [0.15, 0.2) is 48.5 Å². The first-order chi connectivity index (χ1) is 11.8. The molecule has 0 spiro atoms. The molecule has 1 N–H and O–H groups in total. The van der Waals surface area contributed by atoms with Crippen LogP contribution in [0.25, 0.3) is 11.1 Å². The fourth-order valence-corrected chi connectivity index (χ4v) is 3.79. The van der Waals surface area contributed by atoms with Gasteiger partial charge in [0.2, 0.25) is 0 Å². The minimum absolute atomic E-state index is 0. The normalized spacial score (nSPS) is 18.9. The van der Waals surface area contributed by atoms with Crippen LogP contribution in [0.2, 0.25) is 0 Å². The number of benzene rings is 2. The Hall–Kier alpha value is -2.04. The van der Waals surface area contributed by atoms with Crippen LogP contribution in [-0.4, -0.2) is 43.3 Å². The summed E-state index contributed by atoms with van der Waals surface area (Å²) in [7, 11) is 0. The van der Waals surface area contributed by atoms with Gasteiger partial charge in [0.15, 0.2) is 0 Å². The molecule has 0 aromatic heterocycles. The van der Waals surface area contributed by atoms with Crippen molar-refractivity contribution in [2.24, 2.45) is 0 Å². The quantitative estimate of drug-likeness (QED) is 0.890. The number of rotatable bonds is 2. The van der Waals surface area contributed by atoms with E-state index < -0.39 is 0 Å². The Bertz CT molecular complexity index is 719. The maximum Gasteiger partial charge on any atom is 0.410 e. The van der Waals surface area contributed by atoms with Crippen molar-refractivity contribution in [2.45, 2.75) is 18.9 Å². The van der Waals surface area contributed by atoms with E-state index in [1.807, 2.05) is 11.8 Å². The summed E-state index contributed by atoms with van der Waals surface area (Å²) >= 11 is 0. The molecule has 2 aliphatic rings. The maximum absolute atomic E-state index is 12.5. The Morgan fingerprint density at radius 3 is 2.32 bits per heavy atom. The third-order valence-electron chi connectivity index (χ3n) is 5.07. The number of halogens is 1. The van der Waals surface area contributed by atoms with Gasteiger partial charge in [-0.15, -0.1) is 12.4 Å². The lowest BCUT2D eigenvalue weighted by molar-refractivity contribution is 0.0792. The molecule has 25 heavy (non-hydrogen) atoms. The van der Waals surface area contributed by atoms with Crippen molar-refractivity contribution in [3.8, 4) is 11.1 Å². The third-order valence-corrected chi connectivity index (χ3v) is 5.07. The number of nitrogens with one attached hydrogen (secondary N) is 1. The molecule has 1 aliphatic heterocycles. The highest BCUT2D eigenvalue weighted by Gasteiger charge is 2.30. The van der Waals surface area contributed by atoms with Crippen molar-refractivity contribution >= 4 is 18.5 Å². The van der Waals surface area contributed by atoms with Crippen molar-refractivity contribution in [3.63, 3.8) is 0 Å². The van der Waals surface area contributed by atoms with E-state index in [4.69, 9.17) is 4.74 Å². The molecule has 1 amide bonds. The number of nitrogens with zero attached hydrogens (tertiary/aromatic N) is 1. The highest BCUT2D eigenvalue weighted by atomic mass is 35.5. The molecule has 4 rings (SSSR count). The van der Waals surface area contributed by atoms with Crippen molar-refractivity contribution in [1.82, 2.24) is 10.2 Å². The predicted octanol–water partition coefficient (Wildman–Crippen LogP) is 3.65. The van der Waals surface area contributed by atoms with Crippen LogP contribution in [0, 0.1) is 0 Å². The summed E-state index contributed by atoms with van der Waals surface area (Å²) < 4.78 is 5.71. The number of fused-ring (bicyclic) bond motifs is 3. The van der Waals surface area contributed by atoms with Gasteiger partial charge in [0.05, 0.1) is 0 Å². The predicted molar refractivity (Wildman–Crippen MR) is 101 cm³/mol. The molecule has 0 bridgehead atoms. The smallest absolute Gasteiger partial charge is 0.410 e. The minimum atomic E-state index is -0.203. The van der Waals surface area contributed by atoms with Gasteiger partial charge in [-0.05, 0) is 29.2 Å². The molecule has 1 aliphatic carbocycles. The van der Waals surface area contributed by atoms with E-state index in [2.05, 4.69) is 53.8 Å². The molecule has 5 heteroatoms. The van der Waals surface area contributed by atoms with E-state index in [1.165, 1.54) is 22.3 Å². The van der Waals surface area contributed by atoms with Crippen LogP contribution in [0.3, 0.4) is 0 Å². The van der Waals surface area contributed by atoms with E-state index >= 15 is 0 Å². The first-order valence-electron chi connectivity index (χ1n) is 8.58. The summed E-state index contributed by atoms with van der Waals surface area (Å²) in [4.78, 5) is 14.3. The number of carbonyl (C=O) groups excluding carboxylic acids is 1. The average molecular weight is 359 g/mol. The van der Waals surface area contributed by atoms with Gasteiger partial charge >= 0.3 is 6.09 Å². The maximum atomic E-state index is 12.5. The van der Waals surface area contributed by atoms with Crippen LogP contribution < -0.4 is 5.32 Å². The average Bonchev–Trinajstić information content (AvgIpc) is 2.94. The SMILES string of the molecule is C[C@H]1CNCCN1C(=O)OCC1c2ccccc2-c2ccccc21.Cl. The molecule has 0 radical (unpaired) electrons. The fraction of sp³-hybridized carbons (Fsp3) is 0.350. The van der Waals surface area contributed by atoms with Crippen molar-refractivity contribution in [3.05, 3.63) is 59.7 Å². The molecule has 1 saturated heterocycles. The molecule has 1 heterocycles. The van der Waals surface area contributed by atoms with Crippen molar-refractivity contribution < 1.29 is 9.53 Å². The van der Waals surface area contributed by atoms with Gasteiger partial charge in [-0.2, -0.15) is 0 Å². The Morgan fingerprint density at radius 1 is 1.12 bits per heavy atom. The third kappa shape index (κ3) is 3.24. The van der Waals surface area contributed by atoms with Crippen LogP contribution in [0.1, 0.15) is 24.0 Å². The van der Waals surface area contributed by atoms with Gasteiger partial charge in [0.1, 0.15) is 6.61 Å². The summed E-state index contributed by atoms with van der Waals surface area (Å²) in [6.07, 6.45) is -0.203. The number of hydrogen-bond acceptors (Lipinski definition) is 3. The molecular weight excluding hydrogens is 336 g/mol. The van der Waals surface area contributed by atoms with Gasteiger partial charge in [-0.3, -0.25) is 0 Å². The molecule has 1 fully saturated rings. The van der Waals surface area contributed by atoms with Crippen LogP contribution in [0.4, 0.5) is 4.79 Å². The second-order valence-corrected chi connectivity index (χ2v) is 6.55. The summed E-state index contributed by atoms with van der Waals surface area (Å²) in [5, 5.41) is 3.29. The van der Waals surface area contributed by atoms with Crippen LogP contribution in [-0.2, 0) is 4.74 Å². The van der Waals surface area contributed by atoms with Crippen molar-refractivity contribution in [1.29, 1.82) is 0 Å². The second kappa shape index (κ2) is 7.46. The second-order valence-electron chi connectivity index (χ2n) is 6.55. The monoisotopic (exact) mass is 358 g/mol. The van der Waals surface area contributed by atoms with E-state index in [-0.39, 0.29) is 30.5 Å². The molecule has 2 aromatic rings. The fourth-order valence-electron chi connectivity index (χ4n) is 3.79. The van der Waals surface area contributed by atoms with Gasteiger partial charge in [-0.1, -0.05) is 48.5 Å². The van der Waals surface area contributed by atoms with Gasteiger partial charge in [-0.25, -0.2) is 4.79 Å². The van der Waals surface area contributed by atoms with Crippen LogP contribution >= 0.6 is 12.4 Å². The summed E-state index contributed by atoms with van der Waals surface area (Å²) in [6.45, 7) is 4.80. The van der Waals surface area contributed by atoms with E-state index in [0.29, 0.717) is 13.2 Å². The van der Waals surface area contributed by atoms with Crippen molar-refractivity contribution in [2.75, 3.05) is 26.2 Å². The first-order valence-corrected chi connectivity index (χ1v) is 8.58.